The Bertz CT molecular complexity index is 902. The number of fused-ring (bicyclic) bond motifs is 1. The molecule has 5 nitrogen and oxygen atoms in total. The molecule has 3 aromatic rings. The van der Waals surface area contributed by atoms with Gasteiger partial charge in [-0.1, -0.05) is 5.92 Å². The summed E-state index contributed by atoms with van der Waals surface area (Å²) in [7, 11) is 0. The van der Waals surface area contributed by atoms with Crippen LogP contribution in [0.2, 0.25) is 0 Å². The fourth-order valence-corrected chi connectivity index (χ4v) is 3.12. The number of hydrogen-bond acceptors (Lipinski definition) is 3. The molecule has 5 heteroatoms. The molecule has 3 heterocycles. The maximum Gasteiger partial charge on any atom is 0.257 e. The molecule has 1 aliphatic rings. The first kappa shape index (κ1) is 13.6. The minimum Gasteiger partial charge on any atom is -0.472 e. The average Bonchev–Trinajstić information content (AvgIpc) is 3.32. The first-order valence-corrected chi connectivity index (χ1v) is 7.56. The number of aromatic amines is 1. The number of nitrogens with zero attached hydrogens (tertiary/aromatic N) is 2. The van der Waals surface area contributed by atoms with Gasteiger partial charge in [-0.25, -0.2) is 4.98 Å². The number of carbonyl (C=O) groups excluding carboxylic acids is 1. The van der Waals surface area contributed by atoms with E-state index in [0.29, 0.717) is 5.56 Å². The molecule has 0 saturated carbocycles. The van der Waals surface area contributed by atoms with Gasteiger partial charge in [0, 0.05) is 12.1 Å². The van der Waals surface area contributed by atoms with E-state index in [2.05, 4.69) is 15.9 Å². The highest BCUT2D eigenvalue weighted by atomic mass is 16.3. The van der Waals surface area contributed by atoms with Crippen LogP contribution in [0.1, 0.15) is 40.6 Å². The zero-order chi connectivity index (χ0) is 15.8. The van der Waals surface area contributed by atoms with Crippen LogP contribution in [-0.2, 0) is 0 Å². The maximum absolute atomic E-state index is 12.6. The Morgan fingerprint density at radius 3 is 3.13 bits per heavy atom. The molecular weight excluding hydrogens is 290 g/mol. The summed E-state index contributed by atoms with van der Waals surface area (Å²) in [6.45, 7) is 0.724. The van der Waals surface area contributed by atoms with Crippen molar-refractivity contribution in [3.8, 4) is 12.3 Å². The molecule has 0 bridgehead atoms. The number of imidazole rings is 1. The molecule has 1 aliphatic heterocycles. The molecule has 1 amide bonds. The van der Waals surface area contributed by atoms with Gasteiger partial charge in [0.2, 0.25) is 0 Å². The van der Waals surface area contributed by atoms with Crippen molar-refractivity contribution in [3.05, 3.63) is 53.7 Å². The van der Waals surface area contributed by atoms with Gasteiger partial charge < -0.3 is 14.3 Å². The fourth-order valence-electron chi connectivity index (χ4n) is 3.12. The van der Waals surface area contributed by atoms with Crippen molar-refractivity contribution in [1.82, 2.24) is 14.9 Å². The molecule has 1 aromatic carbocycles. The third-order valence-electron chi connectivity index (χ3n) is 4.26. The van der Waals surface area contributed by atoms with Gasteiger partial charge in [-0.05, 0) is 37.1 Å². The summed E-state index contributed by atoms with van der Waals surface area (Å²) in [5.74, 6) is 3.41. The van der Waals surface area contributed by atoms with Crippen LogP contribution in [0.25, 0.3) is 11.0 Å². The zero-order valence-electron chi connectivity index (χ0n) is 12.5. The summed E-state index contributed by atoms with van der Waals surface area (Å²) in [5.41, 5.74) is 3.15. The van der Waals surface area contributed by atoms with Crippen LogP contribution in [0.15, 0.2) is 41.2 Å². The quantitative estimate of drug-likeness (QED) is 0.740. The average molecular weight is 305 g/mol. The Hall–Kier alpha value is -3.00. The second kappa shape index (κ2) is 5.33. The Labute approximate surface area is 133 Å². The van der Waals surface area contributed by atoms with Crippen LogP contribution in [0.4, 0.5) is 0 Å². The molecule has 114 valence electrons. The molecule has 2 aromatic heterocycles. The van der Waals surface area contributed by atoms with Crippen molar-refractivity contribution in [2.75, 3.05) is 6.54 Å². The van der Waals surface area contributed by atoms with Crippen LogP contribution in [0, 0.1) is 12.3 Å². The Balaban J connectivity index is 1.69. The number of carbonyl (C=O) groups is 1. The molecule has 1 saturated heterocycles. The summed E-state index contributed by atoms with van der Waals surface area (Å²) >= 11 is 0. The number of hydrogen-bond donors (Lipinski definition) is 1. The topological polar surface area (TPSA) is 62.1 Å². The van der Waals surface area contributed by atoms with E-state index < -0.39 is 0 Å². The number of amides is 1. The number of rotatable bonds is 2. The maximum atomic E-state index is 12.6. The Morgan fingerprint density at radius 1 is 1.43 bits per heavy atom. The second-order valence-electron chi connectivity index (χ2n) is 5.67. The van der Waals surface area contributed by atoms with Crippen LogP contribution in [0.3, 0.4) is 0 Å². The number of benzene rings is 1. The van der Waals surface area contributed by atoms with Crippen molar-refractivity contribution >= 4 is 16.9 Å². The SMILES string of the molecule is C#Cc1ccc2nc([C@@H]3CCCN3C(=O)c3ccoc3)[nH]c2c1. The van der Waals surface area contributed by atoms with Crippen molar-refractivity contribution in [2.45, 2.75) is 18.9 Å². The van der Waals surface area contributed by atoms with Crippen LogP contribution in [-0.4, -0.2) is 27.3 Å². The second-order valence-corrected chi connectivity index (χ2v) is 5.67. The van der Waals surface area contributed by atoms with E-state index in [4.69, 9.17) is 10.8 Å². The highest BCUT2D eigenvalue weighted by Crippen LogP contribution is 2.32. The van der Waals surface area contributed by atoms with E-state index in [0.717, 1.165) is 41.8 Å². The van der Waals surface area contributed by atoms with Gasteiger partial charge in [0.25, 0.3) is 5.91 Å². The summed E-state index contributed by atoms with van der Waals surface area (Å²) in [4.78, 5) is 22.4. The van der Waals surface area contributed by atoms with Crippen molar-refractivity contribution in [1.29, 1.82) is 0 Å². The summed E-state index contributed by atoms with van der Waals surface area (Å²) in [6, 6.07) is 7.33. The Kier molecular flexibility index (Phi) is 3.16. The first-order valence-electron chi connectivity index (χ1n) is 7.56. The lowest BCUT2D eigenvalue weighted by molar-refractivity contribution is 0.0730. The lowest BCUT2D eigenvalue weighted by atomic mass is 10.2. The van der Waals surface area contributed by atoms with Gasteiger partial charge in [0.05, 0.1) is 28.9 Å². The number of furan rings is 1. The molecule has 1 N–H and O–H groups in total. The fraction of sp³-hybridized carbons (Fsp3) is 0.222. The van der Waals surface area contributed by atoms with Gasteiger partial charge in [-0.2, -0.15) is 0 Å². The smallest absolute Gasteiger partial charge is 0.257 e. The minimum atomic E-state index is -0.0425. The lowest BCUT2D eigenvalue weighted by Crippen LogP contribution is -2.30. The molecule has 4 rings (SSSR count). The van der Waals surface area contributed by atoms with E-state index >= 15 is 0 Å². The standard InChI is InChI=1S/C18H15N3O2/c1-2-12-5-6-14-15(10-12)20-17(19-14)16-4-3-8-21(16)18(22)13-7-9-23-11-13/h1,5-7,9-11,16H,3-4,8H2,(H,19,20)/t16-/m0/s1. The predicted molar refractivity (Wildman–Crippen MR) is 85.7 cm³/mol. The summed E-state index contributed by atoms with van der Waals surface area (Å²) in [5, 5.41) is 0. The number of terminal acetylenes is 1. The molecule has 23 heavy (non-hydrogen) atoms. The van der Waals surface area contributed by atoms with E-state index in [1.165, 1.54) is 12.5 Å². The van der Waals surface area contributed by atoms with Crippen molar-refractivity contribution in [2.24, 2.45) is 0 Å². The van der Waals surface area contributed by atoms with Crippen molar-refractivity contribution < 1.29 is 9.21 Å². The van der Waals surface area contributed by atoms with Gasteiger partial charge in [0.1, 0.15) is 12.1 Å². The highest BCUT2D eigenvalue weighted by molar-refractivity contribution is 5.94. The molecule has 0 unspecified atom stereocenters. The summed E-state index contributed by atoms with van der Waals surface area (Å²) in [6.07, 6.45) is 10.3. The molecular formula is C18H15N3O2. The van der Waals surface area contributed by atoms with E-state index in [1.54, 1.807) is 6.07 Å². The van der Waals surface area contributed by atoms with E-state index in [9.17, 15) is 4.79 Å². The molecule has 1 fully saturated rings. The van der Waals surface area contributed by atoms with Crippen LogP contribution in [0.5, 0.6) is 0 Å². The number of aromatic nitrogens is 2. The number of likely N-dealkylation sites (tertiary alicyclic amines) is 1. The number of nitrogens with one attached hydrogen (secondary N) is 1. The monoisotopic (exact) mass is 305 g/mol. The van der Waals surface area contributed by atoms with Crippen LogP contribution >= 0.6 is 0 Å². The van der Waals surface area contributed by atoms with Gasteiger partial charge in [-0.15, -0.1) is 6.42 Å². The van der Waals surface area contributed by atoms with Gasteiger partial charge >= 0.3 is 0 Å². The first-order chi connectivity index (χ1) is 11.3. The third kappa shape index (κ3) is 2.29. The Morgan fingerprint density at radius 2 is 2.35 bits per heavy atom. The minimum absolute atomic E-state index is 0.0222. The number of H-pyrrole nitrogens is 1. The molecule has 0 aliphatic carbocycles. The molecule has 0 radical (unpaired) electrons. The zero-order valence-corrected chi connectivity index (χ0v) is 12.5. The summed E-state index contributed by atoms with van der Waals surface area (Å²) < 4.78 is 5.02. The van der Waals surface area contributed by atoms with Gasteiger partial charge in [0.15, 0.2) is 0 Å². The normalized spacial score (nSPS) is 17.5. The molecule has 0 spiro atoms. The molecule has 1 atom stereocenters. The lowest BCUT2D eigenvalue weighted by Gasteiger charge is -2.22. The third-order valence-corrected chi connectivity index (χ3v) is 4.26. The van der Waals surface area contributed by atoms with Crippen molar-refractivity contribution in [3.63, 3.8) is 0 Å². The largest absolute Gasteiger partial charge is 0.472 e. The highest BCUT2D eigenvalue weighted by Gasteiger charge is 2.33. The van der Waals surface area contributed by atoms with E-state index in [-0.39, 0.29) is 11.9 Å². The van der Waals surface area contributed by atoms with Crippen LogP contribution < -0.4 is 0 Å². The predicted octanol–water partition coefficient (Wildman–Crippen LogP) is 3.11. The van der Waals surface area contributed by atoms with Gasteiger partial charge in [-0.3, -0.25) is 4.79 Å². The van der Waals surface area contributed by atoms with E-state index in [1.807, 2.05) is 23.1 Å².